The normalized spacial score (nSPS) is 26.8. The van der Waals surface area contributed by atoms with E-state index in [0.29, 0.717) is 21.8 Å². The first-order valence-electron chi connectivity index (χ1n) is 8.01. The van der Waals surface area contributed by atoms with Crippen LogP contribution in [0.1, 0.15) is 45.4 Å². The molecule has 4 heteroatoms. The summed E-state index contributed by atoms with van der Waals surface area (Å²) in [6.07, 6.45) is 7.59. The summed E-state index contributed by atoms with van der Waals surface area (Å²) in [6.45, 7) is 3.30. The van der Waals surface area contributed by atoms with Crippen LogP contribution < -0.4 is 10.1 Å². The quantitative estimate of drug-likeness (QED) is 0.814. The van der Waals surface area contributed by atoms with E-state index in [1.54, 1.807) is 0 Å². The molecule has 2 unspecified atom stereocenters. The third kappa shape index (κ3) is 2.78. The molecule has 2 atom stereocenters. The van der Waals surface area contributed by atoms with E-state index in [9.17, 15) is 0 Å². The van der Waals surface area contributed by atoms with E-state index in [1.807, 2.05) is 18.2 Å². The van der Waals surface area contributed by atoms with Crippen molar-refractivity contribution in [1.29, 1.82) is 0 Å². The molecule has 2 aliphatic carbocycles. The van der Waals surface area contributed by atoms with Crippen LogP contribution in [-0.4, -0.2) is 18.7 Å². The predicted molar refractivity (Wildman–Crippen MR) is 88.5 cm³/mol. The molecular formula is C17H23Cl2NO. The number of hydrogen-bond acceptors (Lipinski definition) is 2. The number of ether oxygens (including phenoxy) is 1. The van der Waals surface area contributed by atoms with Crippen molar-refractivity contribution >= 4 is 23.2 Å². The van der Waals surface area contributed by atoms with E-state index in [-0.39, 0.29) is 11.5 Å². The molecule has 1 aromatic carbocycles. The lowest BCUT2D eigenvalue weighted by Gasteiger charge is -2.54. The zero-order valence-electron chi connectivity index (χ0n) is 12.5. The zero-order chi connectivity index (χ0) is 14.9. The average molecular weight is 328 g/mol. The molecule has 0 bridgehead atoms. The Labute approximate surface area is 137 Å². The van der Waals surface area contributed by atoms with E-state index >= 15 is 0 Å². The van der Waals surface area contributed by atoms with Gasteiger partial charge in [-0.15, -0.1) is 0 Å². The van der Waals surface area contributed by atoms with E-state index in [4.69, 9.17) is 27.9 Å². The van der Waals surface area contributed by atoms with Gasteiger partial charge in [0.25, 0.3) is 0 Å². The molecular weight excluding hydrogens is 305 g/mol. The number of halogens is 2. The summed E-state index contributed by atoms with van der Waals surface area (Å²) in [7, 11) is 0. The van der Waals surface area contributed by atoms with Gasteiger partial charge in [-0.25, -0.2) is 0 Å². The van der Waals surface area contributed by atoms with Crippen LogP contribution in [0.4, 0.5) is 0 Å². The molecule has 0 aliphatic heterocycles. The molecule has 21 heavy (non-hydrogen) atoms. The highest BCUT2D eigenvalue weighted by atomic mass is 35.5. The fourth-order valence-electron chi connectivity index (χ4n) is 3.96. The van der Waals surface area contributed by atoms with Crippen LogP contribution >= 0.6 is 23.2 Å². The van der Waals surface area contributed by atoms with Crippen LogP contribution in [0, 0.1) is 5.41 Å². The largest absolute Gasteiger partial charge is 0.487 e. The Bertz CT molecular complexity index is 479. The molecule has 116 valence electrons. The Morgan fingerprint density at radius 3 is 2.52 bits per heavy atom. The van der Waals surface area contributed by atoms with Crippen LogP contribution in [-0.2, 0) is 0 Å². The van der Waals surface area contributed by atoms with E-state index in [0.717, 1.165) is 13.0 Å². The summed E-state index contributed by atoms with van der Waals surface area (Å²) in [5, 5.41) is 4.92. The van der Waals surface area contributed by atoms with Crippen molar-refractivity contribution in [2.45, 2.75) is 57.6 Å². The monoisotopic (exact) mass is 327 g/mol. The Hall–Kier alpha value is -0.440. The lowest BCUT2D eigenvalue weighted by atomic mass is 9.60. The van der Waals surface area contributed by atoms with Gasteiger partial charge >= 0.3 is 0 Å². The molecule has 1 aromatic rings. The minimum absolute atomic E-state index is 0.242. The molecule has 2 saturated carbocycles. The molecule has 0 saturated heterocycles. The summed E-state index contributed by atoms with van der Waals surface area (Å²) in [6, 6.07) is 6.13. The maximum atomic E-state index is 6.26. The average Bonchev–Trinajstić information content (AvgIpc) is 2.97. The minimum Gasteiger partial charge on any atom is -0.487 e. The second-order valence-electron chi connectivity index (χ2n) is 6.34. The molecule has 1 N–H and O–H groups in total. The van der Waals surface area contributed by atoms with Gasteiger partial charge in [0.15, 0.2) is 5.75 Å². The van der Waals surface area contributed by atoms with Crippen LogP contribution in [0.15, 0.2) is 18.2 Å². The summed E-state index contributed by atoms with van der Waals surface area (Å²) in [4.78, 5) is 0. The van der Waals surface area contributed by atoms with Gasteiger partial charge in [0, 0.05) is 17.9 Å². The lowest BCUT2D eigenvalue weighted by molar-refractivity contribution is -0.0758. The lowest BCUT2D eigenvalue weighted by Crippen LogP contribution is -2.63. The maximum Gasteiger partial charge on any atom is 0.156 e. The SMILES string of the molecule is CCCNC1CC(Oc2c(Cl)cccc2Cl)C12CCCC2. The molecule has 0 radical (unpaired) electrons. The number of benzene rings is 1. The molecule has 2 nitrogen and oxygen atoms in total. The first-order valence-corrected chi connectivity index (χ1v) is 8.77. The maximum absolute atomic E-state index is 6.26. The Morgan fingerprint density at radius 2 is 1.90 bits per heavy atom. The van der Waals surface area contributed by atoms with Crippen molar-refractivity contribution in [3.8, 4) is 5.75 Å². The van der Waals surface area contributed by atoms with Crippen molar-refractivity contribution < 1.29 is 4.74 Å². The van der Waals surface area contributed by atoms with Crippen molar-refractivity contribution in [2.24, 2.45) is 5.41 Å². The molecule has 2 fully saturated rings. The molecule has 2 aliphatic rings. The second kappa shape index (κ2) is 6.36. The molecule has 0 aromatic heterocycles. The van der Waals surface area contributed by atoms with Gasteiger partial charge in [0.2, 0.25) is 0 Å². The van der Waals surface area contributed by atoms with Crippen LogP contribution in [0.5, 0.6) is 5.75 Å². The second-order valence-corrected chi connectivity index (χ2v) is 7.15. The van der Waals surface area contributed by atoms with Crippen LogP contribution in [0.3, 0.4) is 0 Å². The first-order chi connectivity index (χ1) is 10.2. The van der Waals surface area contributed by atoms with E-state index < -0.39 is 0 Å². The molecule has 0 heterocycles. The van der Waals surface area contributed by atoms with Gasteiger partial charge in [0.05, 0.1) is 10.0 Å². The standard InChI is InChI=1S/C17H23Cl2NO/c1-2-10-20-14-11-15(17(14)8-3-4-9-17)21-16-12(18)6-5-7-13(16)19/h5-7,14-15,20H,2-4,8-11H2,1H3. The molecule has 0 amide bonds. The molecule has 3 rings (SSSR count). The van der Waals surface area contributed by atoms with Gasteiger partial charge in [-0.05, 0) is 37.9 Å². The van der Waals surface area contributed by atoms with Gasteiger partial charge in [0.1, 0.15) is 6.10 Å². The number of para-hydroxylation sites is 1. The summed E-state index contributed by atoms with van der Waals surface area (Å²) in [5.74, 6) is 0.658. The summed E-state index contributed by atoms with van der Waals surface area (Å²) in [5.41, 5.74) is 0.289. The smallest absolute Gasteiger partial charge is 0.156 e. The van der Waals surface area contributed by atoms with Gasteiger partial charge in [-0.1, -0.05) is 49.0 Å². The topological polar surface area (TPSA) is 21.3 Å². The van der Waals surface area contributed by atoms with Crippen molar-refractivity contribution in [3.05, 3.63) is 28.2 Å². The van der Waals surface area contributed by atoms with Crippen LogP contribution in [0.25, 0.3) is 0 Å². The third-order valence-corrected chi connectivity index (χ3v) is 5.73. The number of hydrogen-bond donors (Lipinski definition) is 1. The van der Waals surface area contributed by atoms with Gasteiger partial charge in [-0.3, -0.25) is 0 Å². The zero-order valence-corrected chi connectivity index (χ0v) is 14.0. The fraction of sp³-hybridized carbons (Fsp3) is 0.647. The number of rotatable bonds is 5. The van der Waals surface area contributed by atoms with Crippen molar-refractivity contribution in [1.82, 2.24) is 5.32 Å². The van der Waals surface area contributed by atoms with Gasteiger partial charge < -0.3 is 10.1 Å². The Balaban J connectivity index is 1.74. The number of nitrogens with one attached hydrogen (secondary N) is 1. The highest BCUT2D eigenvalue weighted by Crippen LogP contribution is 2.55. The summed E-state index contributed by atoms with van der Waals surface area (Å²) < 4.78 is 6.26. The van der Waals surface area contributed by atoms with Crippen molar-refractivity contribution in [3.63, 3.8) is 0 Å². The van der Waals surface area contributed by atoms with Crippen molar-refractivity contribution in [2.75, 3.05) is 6.54 Å². The highest BCUT2D eigenvalue weighted by molar-refractivity contribution is 6.37. The predicted octanol–water partition coefficient (Wildman–Crippen LogP) is 5.07. The summed E-state index contributed by atoms with van der Waals surface area (Å²) >= 11 is 12.5. The molecule has 1 spiro atoms. The third-order valence-electron chi connectivity index (χ3n) is 5.14. The highest BCUT2D eigenvalue weighted by Gasteiger charge is 2.57. The van der Waals surface area contributed by atoms with Gasteiger partial charge in [-0.2, -0.15) is 0 Å². The Morgan fingerprint density at radius 1 is 1.24 bits per heavy atom. The Kier molecular flexibility index (Phi) is 4.68. The van der Waals surface area contributed by atoms with E-state index in [2.05, 4.69) is 12.2 Å². The van der Waals surface area contributed by atoms with E-state index in [1.165, 1.54) is 32.1 Å². The van der Waals surface area contributed by atoms with Crippen LogP contribution in [0.2, 0.25) is 10.0 Å². The minimum atomic E-state index is 0.242. The fourth-order valence-corrected chi connectivity index (χ4v) is 4.45. The first kappa shape index (κ1) is 15.5.